The van der Waals surface area contributed by atoms with Gasteiger partial charge in [-0.05, 0) is 36.8 Å². The van der Waals surface area contributed by atoms with Crippen molar-refractivity contribution < 1.29 is 9.53 Å². The molecule has 2 aromatic heterocycles. The number of ketones is 1. The van der Waals surface area contributed by atoms with E-state index in [4.69, 9.17) is 4.74 Å². The van der Waals surface area contributed by atoms with E-state index in [0.717, 1.165) is 40.6 Å². The van der Waals surface area contributed by atoms with Gasteiger partial charge in [-0.25, -0.2) is 4.98 Å². The molecule has 2 heterocycles. The van der Waals surface area contributed by atoms with Crippen molar-refractivity contribution in [3.05, 3.63) is 52.7 Å². The normalized spacial score (nSPS) is 12.2. The number of hydrogen-bond donors (Lipinski definition) is 0. The second-order valence-electron chi connectivity index (χ2n) is 7.17. The van der Waals surface area contributed by atoms with Crippen molar-refractivity contribution in [2.75, 3.05) is 0 Å². The van der Waals surface area contributed by atoms with Gasteiger partial charge in [0.1, 0.15) is 17.3 Å². The van der Waals surface area contributed by atoms with Crippen LogP contribution >= 0.6 is 11.3 Å². The maximum atomic E-state index is 12.8. The van der Waals surface area contributed by atoms with Crippen LogP contribution in [0.15, 0.2) is 35.7 Å². The summed E-state index contributed by atoms with van der Waals surface area (Å²) >= 11 is 1.59. The molecule has 0 saturated heterocycles. The van der Waals surface area contributed by atoms with E-state index in [1.165, 1.54) is 12.8 Å². The summed E-state index contributed by atoms with van der Waals surface area (Å²) in [6.07, 6.45) is 5.39. The van der Waals surface area contributed by atoms with E-state index >= 15 is 0 Å². The molecule has 0 N–H and O–H groups in total. The third-order valence-corrected chi connectivity index (χ3v) is 5.84. The van der Waals surface area contributed by atoms with Gasteiger partial charge < -0.3 is 4.74 Å². The number of carbonyl (C=O) groups excluding carboxylic acids is 1. The Morgan fingerprint density at radius 3 is 2.61 bits per heavy atom. The molecule has 1 aromatic carbocycles. The number of ether oxygens (including phenoxy) is 1. The molecule has 3 aromatic rings. The van der Waals surface area contributed by atoms with Gasteiger partial charge in [0, 0.05) is 11.5 Å². The van der Waals surface area contributed by atoms with Crippen LogP contribution in [-0.4, -0.2) is 15.8 Å². The molecule has 0 saturated carbocycles. The van der Waals surface area contributed by atoms with Crippen LogP contribution in [0.5, 0.6) is 5.88 Å². The summed E-state index contributed by atoms with van der Waals surface area (Å²) < 4.78 is 5.95. The number of hydrogen-bond acceptors (Lipinski definition) is 5. The third-order valence-electron chi connectivity index (χ3n) is 5.04. The molecule has 0 amide bonds. The van der Waals surface area contributed by atoms with Crippen LogP contribution < -0.4 is 4.74 Å². The van der Waals surface area contributed by atoms with Crippen molar-refractivity contribution in [2.45, 2.75) is 59.5 Å². The number of aryl methyl sites for hydroxylation is 1. The minimum absolute atomic E-state index is 0.129. The average Bonchev–Trinajstić information content (AvgIpc) is 3.18. The number of aromatic nitrogens is 2. The van der Waals surface area contributed by atoms with E-state index in [0.29, 0.717) is 18.3 Å². The highest BCUT2D eigenvalue weighted by Crippen LogP contribution is 2.27. The summed E-state index contributed by atoms with van der Waals surface area (Å²) in [7, 11) is 0. The zero-order valence-electron chi connectivity index (χ0n) is 16.9. The molecule has 0 aliphatic heterocycles. The standard InChI is InChI=1S/C23H28N2O2S/c1-4-6-7-8-18(5-2)21(26)19-11-9-17(10-12-19)15-27-22-20-13-14-28-23(20)25-16(3)24-22/h9-14,18H,4-8,15H2,1-3H3. The van der Waals surface area contributed by atoms with Gasteiger partial charge in [0.05, 0.1) is 5.39 Å². The van der Waals surface area contributed by atoms with Crippen molar-refractivity contribution in [1.82, 2.24) is 9.97 Å². The fourth-order valence-electron chi connectivity index (χ4n) is 3.35. The zero-order chi connectivity index (χ0) is 19.9. The molecule has 0 fully saturated rings. The summed E-state index contributed by atoms with van der Waals surface area (Å²) in [4.78, 5) is 22.6. The van der Waals surface area contributed by atoms with E-state index in [1.807, 2.05) is 42.6 Å². The number of fused-ring (bicyclic) bond motifs is 1. The fourth-order valence-corrected chi connectivity index (χ4v) is 4.15. The van der Waals surface area contributed by atoms with Gasteiger partial charge in [0.2, 0.25) is 5.88 Å². The van der Waals surface area contributed by atoms with Crippen LogP contribution in [-0.2, 0) is 6.61 Å². The SMILES string of the molecule is CCCCCC(CC)C(=O)c1ccc(COc2nc(C)nc3sccc23)cc1. The highest BCUT2D eigenvalue weighted by atomic mass is 32.1. The minimum atomic E-state index is 0.129. The van der Waals surface area contributed by atoms with Crippen LogP contribution in [0.25, 0.3) is 10.2 Å². The molecule has 3 rings (SSSR count). The van der Waals surface area contributed by atoms with E-state index < -0.39 is 0 Å². The fraction of sp³-hybridized carbons (Fsp3) is 0.435. The molecule has 28 heavy (non-hydrogen) atoms. The third kappa shape index (κ3) is 4.96. The van der Waals surface area contributed by atoms with Gasteiger partial charge >= 0.3 is 0 Å². The monoisotopic (exact) mass is 396 g/mol. The second kappa shape index (κ2) is 9.78. The summed E-state index contributed by atoms with van der Waals surface area (Å²) in [6, 6.07) is 9.79. The highest BCUT2D eigenvalue weighted by Gasteiger charge is 2.18. The van der Waals surface area contributed by atoms with Gasteiger partial charge in [0.25, 0.3) is 0 Å². The highest BCUT2D eigenvalue weighted by molar-refractivity contribution is 7.16. The van der Waals surface area contributed by atoms with Crippen LogP contribution in [0.2, 0.25) is 0 Å². The number of benzene rings is 1. The van der Waals surface area contributed by atoms with Crippen LogP contribution in [0.4, 0.5) is 0 Å². The number of Topliss-reactive ketones (excluding diaryl/α,β-unsaturated/α-hetero) is 1. The summed E-state index contributed by atoms with van der Waals surface area (Å²) in [5.74, 6) is 1.72. The largest absolute Gasteiger partial charge is 0.472 e. The Morgan fingerprint density at radius 2 is 1.89 bits per heavy atom. The quantitative estimate of drug-likeness (QED) is 0.295. The second-order valence-corrected chi connectivity index (χ2v) is 8.06. The van der Waals surface area contributed by atoms with Crippen molar-refractivity contribution in [1.29, 1.82) is 0 Å². The predicted octanol–water partition coefficient (Wildman–Crippen LogP) is 6.37. The Hall–Kier alpha value is -2.27. The first-order chi connectivity index (χ1) is 13.6. The van der Waals surface area contributed by atoms with Gasteiger partial charge in [-0.15, -0.1) is 11.3 Å². The molecule has 0 radical (unpaired) electrons. The molecule has 0 spiro atoms. The molecule has 5 heteroatoms. The summed E-state index contributed by atoms with van der Waals surface area (Å²) in [5, 5.41) is 2.94. The summed E-state index contributed by atoms with van der Waals surface area (Å²) in [5.41, 5.74) is 1.82. The van der Waals surface area contributed by atoms with Crippen molar-refractivity contribution in [3.8, 4) is 5.88 Å². The number of rotatable bonds is 10. The minimum Gasteiger partial charge on any atom is -0.472 e. The molecule has 1 atom stereocenters. The van der Waals surface area contributed by atoms with Crippen LogP contribution in [0, 0.1) is 12.8 Å². The molecular formula is C23H28N2O2S. The molecule has 1 unspecified atom stereocenters. The van der Waals surface area contributed by atoms with Gasteiger partial charge in [0.15, 0.2) is 5.78 Å². The topological polar surface area (TPSA) is 52.1 Å². The lowest BCUT2D eigenvalue weighted by molar-refractivity contribution is 0.0907. The Balaban J connectivity index is 1.64. The van der Waals surface area contributed by atoms with Gasteiger partial charge in [-0.1, -0.05) is 57.4 Å². The first-order valence-electron chi connectivity index (χ1n) is 10.1. The Labute approximate surface area is 171 Å². The Kier molecular flexibility index (Phi) is 7.15. The van der Waals surface area contributed by atoms with Crippen molar-refractivity contribution in [2.24, 2.45) is 5.92 Å². The van der Waals surface area contributed by atoms with Crippen LogP contribution in [0.1, 0.15) is 67.7 Å². The van der Waals surface area contributed by atoms with E-state index in [2.05, 4.69) is 23.8 Å². The first-order valence-corrected chi connectivity index (χ1v) is 11.0. The molecule has 4 nitrogen and oxygen atoms in total. The smallest absolute Gasteiger partial charge is 0.225 e. The lowest BCUT2D eigenvalue weighted by Gasteiger charge is -2.14. The number of nitrogens with zero attached hydrogens (tertiary/aromatic N) is 2. The summed E-state index contributed by atoms with van der Waals surface area (Å²) in [6.45, 7) is 6.59. The molecular weight excluding hydrogens is 368 g/mol. The molecule has 0 aliphatic rings. The lowest BCUT2D eigenvalue weighted by atomic mass is 9.90. The van der Waals surface area contributed by atoms with E-state index in [9.17, 15) is 4.79 Å². The Morgan fingerprint density at radius 1 is 1.11 bits per heavy atom. The number of thiophene rings is 1. The van der Waals surface area contributed by atoms with Gasteiger partial charge in [-0.3, -0.25) is 4.79 Å². The number of carbonyl (C=O) groups is 1. The zero-order valence-corrected chi connectivity index (χ0v) is 17.7. The maximum Gasteiger partial charge on any atom is 0.225 e. The average molecular weight is 397 g/mol. The van der Waals surface area contributed by atoms with Crippen LogP contribution in [0.3, 0.4) is 0 Å². The van der Waals surface area contributed by atoms with Crippen molar-refractivity contribution in [3.63, 3.8) is 0 Å². The lowest BCUT2D eigenvalue weighted by Crippen LogP contribution is -2.14. The molecule has 0 aliphatic carbocycles. The first kappa shape index (κ1) is 20.5. The number of unbranched alkanes of at least 4 members (excludes halogenated alkanes) is 2. The van der Waals surface area contributed by atoms with Crippen molar-refractivity contribution >= 4 is 27.3 Å². The van der Waals surface area contributed by atoms with E-state index in [1.54, 1.807) is 11.3 Å². The van der Waals surface area contributed by atoms with Gasteiger partial charge in [-0.2, -0.15) is 4.98 Å². The molecule has 148 valence electrons. The van der Waals surface area contributed by atoms with E-state index in [-0.39, 0.29) is 11.7 Å². The maximum absolute atomic E-state index is 12.8. The Bertz CT molecular complexity index is 918. The molecule has 0 bridgehead atoms. The predicted molar refractivity (Wildman–Crippen MR) is 115 cm³/mol.